The molecule has 1 saturated heterocycles. The summed E-state index contributed by atoms with van der Waals surface area (Å²) in [5.74, 6) is 0.439. The molecule has 0 spiro atoms. The lowest BCUT2D eigenvalue weighted by Gasteiger charge is -2.16. The van der Waals surface area contributed by atoms with E-state index in [4.69, 9.17) is 0 Å². The van der Waals surface area contributed by atoms with Crippen molar-refractivity contribution >= 4 is 22.6 Å². The molecule has 3 heterocycles. The summed E-state index contributed by atoms with van der Waals surface area (Å²) in [7, 11) is 0. The van der Waals surface area contributed by atoms with Gasteiger partial charge in [0.1, 0.15) is 0 Å². The molecular weight excluding hydrogens is 410 g/mol. The number of aromatic nitrogens is 1. The Hall–Kier alpha value is -3.99. The second-order valence-electron chi connectivity index (χ2n) is 8.91. The van der Waals surface area contributed by atoms with Crippen LogP contribution in [0.15, 0.2) is 79.1 Å². The Morgan fingerprint density at radius 2 is 1.64 bits per heavy atom. The van der Waals surface area contributed by atoms with Crippen molar-refractivity contribution < 1.29 is 9.59 Å². The number of hydrogen-bond acceptors (Lipinski definition) is 3. The highest BCUT2D eigenvalue weighted by atomic mass is 16.2. The van der Waals surface area contributed by atoms with Gasteiger partial charge in [0.15, 0.2) is 0 Å². The number of nitrogens with zero attached hydrogens (tertiary/aromatic N) is 2. The maximum atomic E-state index is 13.1. The van der Waals surface area contributed by atoms with Gasteiger partial charge in [-0.2, -0.15) is 0 Å². The third kappa shape index (κ3) is 3.65. The van der Waals surface area contributed by atoms with Crippen molar-refractivity contribution in [3.8, 4) is 11.1 Å². The van der Waals surface area contributed by atoms with Gasteiger partial charge in [-0.25, -0.2) is 0 Å². The third-order valence-electron chi connectivity index (χ3n) is 6.79. The summed E-state index contributed by atoms with van der Waals surface area (Å²) in [6.45, 7) is 1.96. The van der Waals surface area contributed by atoms with Gasteiger partial charge in [-0.05, 0) is 62.9 Å². The van der Waals surface area contributed by atoms with E-state index in [-0.39, 0.29) is 17.7 Å². The average molecular weight is 434 g/mol. The maximum Gasteiger partial charge on any atom is 0.254 e. The normalized spacial score (nSPS) is 17.3. The Bertz CT molecular complexity index is 1370. The van der Waals surface area contributed by atoms with Crippen molar-refractivity contribution in [1.82, 2.24) is 15.2 Å². The van der Waals surface area contributed by atoms with Crippen LogP contribution in [0.3, 0.4) is 0 Å². The highest BCUT2D eigenvalue weighted by molar-refractivity contribution is 5.99. The zero-order chi connectivity index (χ0) is 22.4. The lowest BCUT2D eigenvalue weighted by molar-refractivity contribution is -0.119. The highest BCUT2D eigenvalue weighted by Crippen LogP contribution is 2.30. The fraction of sp³-hybridized carbons (Fsp3) is 0.179. The first-order valence-electron chi connectivity index (χ1n) is 11.3. The van der Waals surface area contributed by atoms with E-state index in [9.17, 15) is 9.59 Å². The van der Waals surface area contributed by atoms with E-state index < -0.39 is 0 Å². The molecule has 3 aromatic carbocycles. The summed E-state index contributed by atoms with van der Waals surface area (Å²) in [5.41, 5.74) is 6.47. The molecule has 0 saturated carbocycles. The number of fused-ring (bicyclic) bond motifs is 2. The number of rotatable bonds is 3. The van der Waals surface area contributed by atoms with Gasteiger partial charge in [0.25, 0.3) is 5.91 Å². The van der Waals surface area contributed by atoms with Crippen molar-refractivity contribution in [1.29, 1.82) is 0 Å². The van der Waals surface area contributed by atoms with Gasteiger partial charge >= 0.3 is 0 Å². The minimum atomic E-state index is 0.0487. The van der Waals surface area contributed by atoms with E-state index in [1.807, 2.05) is 35.4 Å². The van der Waals surface area contributed by atoms with Gasteiger partial charge in [0, 0.05) is 49.9 Å². The minimum Gasteiger partial charge on any atom is -0.355 e. The van der Waals surface area contributed by atoms with Crippen molar-refractivity contribution in [2.75, 3.05) is 6.54 Å². The van der Waals surface area contributed by atoms with Crippen molar-refractivity contribution in [3.05, 3.63) is 101 Å². The van der Waals surface area contributed by atoms with Crippen molar-refractivity contribution in [3.63, 3.8) is 0 Å². The van der Waals surface area contributed by atoms with Crippen LogP contribution >= 0.6 is 0 Å². The molecule has 162 valence electrons. The van der Waals surface area contributed by atoms with E-state index in [1.165, 1.54) is 11.1 Å². The molecule has 0 bridgehead atoms. The van der Waals surface area contributed by atoms with Crippen LogP contribution in [0.4, 0.5) is 0 Å². The summed E-state index contributed by atoms with van der Waals surface area (Å²) in [6.07, 6.45) is 4.19. The van der Waals surface area contributed by atoms with Crippen LogP contribution in [0.5, 0.6) is 0 Å². The Balaban J connectivity index is 1.22. The fourth-order valence-corrected chi connectivity index (χ4v) is 4.89. The Morgan fingerprint density at radius 3 is 2.42 bits per heavy atom. The molecule has 1 aromatic heterocycles. The smallest absolute Gasteiger partial charge is 0.254 e. The highest BCUT2D eigenvalue weighted by Gasteiger charge is 2.25. The van der Waals surface area contributed by atoms with Crippen LogP contribution in [0.1, 0.15) is 39.4 Å². The van der Waals surface area contributed by atoms with Crippen LogP contribution in [0.2, 0.25) is 0 Å². The van der Waals surface area contributed by atoms with Crippen molar-refractivity contribution in [2.45, 2.75) is 25.4 Å². The van der Waals surface area contributed by atoms with E-state index in [2.05, 4.69) is 52.8 Å². The summed E-state index contributed by atoms with van der Waals surface area (Å²) in [6, 6.07) is 22.7. The number of carbonyl (C=O) groups excluding carboxylic acids is 2. The number of amides is 2. The predicted molar refractivity (Wildman–Crippen MR) is 128 cm³/mol. The molecular formula is C28H23N3O2. The second kappa shape index (κ2) is 7.85. The summed E-state index contributed by atoms with van der Waals surface area (Å²) in [4.78, 5) is 30.6. The summed E-state index contributed by atoms with van der Waals surface area (Å²) < 4.78 is 0. The van der Waals surface area contributed by atoms with Gasteiger partial charge in [-0.15, -0.1) is 0 Å². The molecule has 1 fully saturated rings. The van der Waals surface area contributed by atoms with Gasteiger partial charge in [-0.3, -0.25) is 14.6 Å². The maximum absolute atomic E-state index is 13.1. The zero-order valence-electron chi connectivity index (χ0n) is 18.1. The predicted octanol–water partition coefficient (Wildman–Crippen LogP) is 4.66. The monoisotopic (exact) mass is 433 g/mol. The number of pyridine rings is 1. The molecule has 2 aliphatic rings. The molecule has 4 aromatic rings. The van der Waals surface area contributed by atoms with Gasteiger partial charge in [-0.1, -0.05) is 42.5 Å². The lowest BCUT2D eigenvalue weighted by Crippen LogP contribution is -2.25. The standard InChI is InChI=1S/C28H23N3O2/c32-27-13-25(15-30-27)19-3-1-18(2-4-19)20-5-6-22-12-23(8-7-21(22)11-20)28(33)31-16-24-9-10-29-14-26(24)17-31/h1-12,14,25H,13,15-17H2,(H,30,32). The topological polar surface area (TPSA) is 62.3 Å². The first-order valence-corrected chi connectivity index (χ1v) is 11.3. The van der Waals surface area contributed by atoms with Crippen LogP contribution < -0.4 is 5.32 Å². The first kappa shape index (κ1) is 19.7. The SMILES string of the molecule is O=C1CC(c2ccc(-c3ccc4cc(C(=O)N5Cc6ccncc6C5)ccc4c3)cc2)CN1. The van der Waals surface area contributed by atoms with E-state index in [0.717, 1.165) is 34.0 Å². The molecule has 2 amide bonds. The minimum absolute atomic E-state index is 0.0487. The molecule has 33 heavy (non-hydrogen) atoms. The molecule has 0 radical (unpaired) electrons. The van der Waals surface area contributed by atoms with E-state index in [1.54, 1.807) is 6.20 Å². The Kier molecular flexibility index (Phi) is 4.68. The largest absolute Gasteiger partial charge is 0.355 e. The average Bonchev–Trinajstić information content (AvgIpc) is 3.49. The van der Waals surface area contributed by atoms with Crippen LogP contribution in [-0.2, 0) is 17.9 Å². The van der Waals surface area contributed by atoms with E-state index in [0.29, 0.717) is 25.1 Å². The zero-order valence-corrected chi connectivity index (χ0v) is 18.1. The first-order chi connectivity index (χ1) is 16.1. The lowest BCUT2D eigenvalue weighted by atomic mass is 9.94. The molecule has 1 N–H and O–H groups in total. The van der Waals surface area contributed by atoms with Crippen LogP contribution in [-0.4, -0.2) is 28.2 Å². The molecule has 5 heteroatoms. The van der Waals surface area contributed by atoms with Gasteiger partial charge in [0.2, 0.25) is 5.91 Å². The molecule has 5 nitrogen and oxygen atoms in total. The third-order valence-corrected chi connectivity index (χ3v) is 6.79. The quantitative estimate of drug-likeness (QED) is 0.511. The van der Waals surface area contributed by atoms with Crippen LogP contribution in [0.25, 0.3) is 21.9 Å². The molecule has 0 aliphatic carbocycles. The second-order valence-corrected chi connectivity index (χ2v) is 8.91. The number of benzene rings is 3. The van der Waals surface area contributed by atoms with Gasteiger partial charge in [0.05, 0.1) is 0 Å². The fourth-order valence-electron chi connectivity index (χ4n) is 4.89. The summed E-state index contributed by atoms with van der Waals surface area (Å²) >= 11 is 0. The van der Waals surface area contributed by atoms with E-state index >= 15 is 0 Å². The Morgan fingerprint density at radius 1 is 0.879 bits per heavy atom. The number of hydrogen-bond donors (Lipinski definition) is 1. The molecule has 2 aliphatic heterocycles. The summed E-state index contributed by atoms with van der Waals surface area (Å²) in [5, 5.41) is 5.06. The van der Waals surface area contributed by atoms with Gasteiger partial charge < -0.3 is 10.2 Å². The molecule has 1 atom stereocenters. The number of nitrogens with one attached hydrogen (secondary N) is 1. The van der Waals surface area contributed by atoms with Crippen LogP contribution in [0, 0.1) is 0 Å². The Labute approximate surface area is 192 Å². The molecule has 6 rings (SSSR count). The van der Waals surface area contributed by atoms with Crippen molar-refractivity contribution in [2.24, 2.45) is 0 Å². The molecule has 1 unspecified atom stereocenters. The number of carbonyl (C=O) groups is 2.